The van der Waals surface area contributed by atoms with Crippen LogP contribution in [0.15, 0.2) is 29.3 Å². The Bertz CT molecular complexity index is 743. The van der Waals surface area contributed by atoms with Gasteiger partial charge in [0, 0.05) is 12.1 Å². The topological polar surface area (TPSA) is 46.8 Å². The fourth-order valence-electron chi connectivity index (χ4n) is 2.79. The van der Waals surface area contributed by atoms with Crippen molar-refractivity contribution in [2.24, 2.45) is 4.99 Å². The average molecular weight is 334 g/mol. The van der Waals surface area contributed by atoms with Crippen molar-refractivity contribution in [1.29, 1.82) is 0 Å². The molecule has 1 N–H and O–H groups in total. The molecule has 1 heterocycles. The molecule has 1 aliphatic carbocycles. The number of benzene rings is 1. The number of thiazole rings is 1. The smallest absolute Gasteiger partial charge is 0.212 e. The van der Waals surface area contributed by atoms with E-state index in [1.807, 2.05) is 28.8 Å². The van der Waals surface area contributed by atoms with Crippen LogP contribution in [0, 0.1) is 3.95 Å². The molecule has 6 heteroatoms. The van der Waals surface area contributed by atoms with Crippen molar-refractivity contribution in [3.63, 3.8) is 0 Å². The summed E-state index contributed by atoms with van der Waals surface area (Å²) in [6.45, 7) is 0. The van der Waals surface area contributed by atoms with Gasteiger partial charge in [-0.05, 0) is 37.2 Å². The normalized spacial score (nSPS) is 15.7. The zero-order chi connectivity index (χ0) is 15.5. The second-order valence-corrected chi connectivity index (χ2v) is 7.00. The highest BCUT2D eigenvalue weighted by Crippen LogP contribution is 2.37. The van der Waals surface area contributed by atoms with Gasteiger partial charge in [-0.3, -0.25) is 9.56 Å². The molecular weight excluding hydrogens is 316 g/mol. The lowest BCUT2D eigenvalue weighted by Crippen LogP contribution is -2.03. The first-order chi connectivity index (χ1) is 10.7. The molecule has 1 fully saturated rings. The minimum absolute atomic E-state index is 0.244. The van der Waals surface area contributed by atoms with E-state index in [2.05, 4.69) is 4.99 Å². The molecule has 0 bridgehead atoms. The molecule has 0 atom stereocenters. The zero-order valence-corrected chi connectivity index (χ0v) is 14.0. The quantitative estimate of drug-likeness (QED) is 0.641. The summed E-state index contributed by atoms with van der Waals surface area (Å²) < 4.78 is 7.79. The lowest BCUT2D eigenvalue weighted by atomic mass is 10.2. The maximum atomic E-state index is 10.4. The summed E-state index contributed by atoms with van der Waals surface area (Å²) in [6.07, 6.45) is 6.26. The van der Waals surface area contributed by atoms with Gasteiger partial charge in [0.1, 0.15) is 10.6 Å². The molecule has 3 rings (SSSR count). The standard InChI is InChI=1S/C16H18N2O2S2/c1-20-13-8-4-5-11(9-13)17-10-14-15(19)18(16(21)22-14)12-6-2-3-7-12/h4-5,8-10,12,19H,2-3,6-7H2,1H3. The predicted octanol–water partition coefficient (Wildman–Crippen LogP) is 4.86. The number of ether oxygens (including phenoxy) is 1. The van der Waals surface area contributed by atoms with Crippen LogP contribution < -0.4 is 4.74 Å². The Morgan fingerprint density at radius 1 is 1.41 bits per heavy atom. The van der Waals surface area contributed by atoms with E-state index < -0.39 is 0 Å². The third-order valence-corrected chi connectivity index (χ3v) is 5.24. The Morgan fingerprint density at radius 2 is 2.18 bits per heavy atom. The van der Waals surface area contributed by atoms with Gasteiger partial charge in [0.05, 0.1) is 19.0 Å². The minimum atomic E-state index is 0.244. The van der Waals surface area contributed by atoms with Crippen molar-refractivity contribution < 1.29 is 9.84 Å². The van der Waals surface area contributed by atoms with Crippen molar-refractivity contribution in [3.05, 3.63) is 33.1 Å². The lowest BCUT2D eigenvalue weighted by molar-refractivity contribution is 0.380. The van der Waals surface area contributed by atoms with Gasteiger partial charge in [-0.2, -0.15) is 0 Å². The molecule has 0 saturated heterocycles. The summed E-state index contributed by atoms with van der Waals surface area (Å²) in [5.74, 6) is 1.00. The third kappa shape index (κ3) is 3.08. The van der Waals surface area contributed by atoms with Crippen molar-refractivity contribution in [3.8, 4) is 11.6 Å². The lowest BCUT2D eigenvalue weighted by Gasteiger charge is -2.12. The largest absolute Gasteiger partial charge is 0.497 e. The van der Waals surface area contributed by atoms with Gasteiger partial charge in [-0.15, -0.1) is 0 Å². The summed E-state index contributed by atoms with van der Waals surface area (Å²) in [5.41, 5.74) is 0.783. The van der Waals surface area contributed by atoms with Crippen LogP contribution in [0.4, 0.5) is 5.69 Å². The SMILES string of the molecule is COc1cccc(N=Cc2sc(=S)n(C3CCCC3)c2O)c1. The Balaban J connectivity index is 1.87. The Kier molecular flexibility index (Phi) is 4.59. The number of hydrogen-bond acceptors (Lipinski definition) is 5. The van der Waals surface area contributed by atoms with Gasteiger partial charge in [-0.25, -0.2) is 0 Å². The molecule has 1 aliphatic rings. The van der Waals surface area contributed by atoms with Crippen molar-refractivity contribution >= 4 is 35.5 Å². The number of aromatic nitrogens is 1. The van der Waals surface area contributed by atoms with E-state index in [1.165, 1.54) is 24.2 Å². The fourth-order valence-corrected chi connectivity index (χ4v) is 4.11. The molecule has 0 amide bonds. The number of aliphatic imine (C=N–C) groups is 1. The maximum Gasteiger partial charge on any atom is 0.212 e. The number of aromatic hydroxyl groups is 1. The second-order valence-electron chi connectivity index (χ2n) is 5.32. The van der Waals surface area contributed by atoms with Crippen LogP contribution in [-0.4, -0.2) is 23.0 Å². The number of rotatable bonds is 4. The molecule has 0 aliphatic heterocycles. The molecule has 1 aromatic carbocycles. The molecule has 4 nitrogen and oxygen atoms in total. The number of methoxy groups -OCH3 is 1. The Labute approximate surface area is 138 Å². The van der Waals surface area contributed by atoms with Gasteiger partial charge < -0.3 is 9.84 Å². The molecule has 0 radical (unpaired) electrons. The van der Waals surface area contributed by atoms with E-state index in [4.69, 9.17) is 17.0 Å². The van der Waals surface area contributed by atoms with Crippen LogP contribution in [0.5, 0.6) is 11.6 Å². The molecule has 1 aromatic heterocycles. The van der Waals surface area contributed by atoms with Crippen molar-refractivity contribution in [2.45, 2.75) is 31.7 Å². The van der Waals surface area contributed by atoms with Crippen molar-refractivity contribution in [1.82, 2.24) is 4.57 Å². The minimum Gasteiger partial charge on any atom is -0.497 e. The first kappa shape index (κ1) is 15.2. The van der Waals surface area contributed by atoms with Crippen LogP contribution in [0.25, 0.3) is 0 Å². The Morgan fingerprint density at radius 3 is 2.91 bits per heavy atom. The molecule has 2 aromatic rings. The molecule has 0 unspecified atom stereocenters. The van der Waals surface area contributed by atoms with Gasteiger partial charge in [0.15, 0.2) is 3.95 Å². The van der Waals surface area contributed by atoms with Gasteiger partial charge >= 0.3 is 0 Å². The van der Waals surface area contributed by atoms with Crippen LogP contribution in [0.3, 0.4) is 0 Å². The highest BCUT2D eigenvalue weighted by atomic mass is 32.1. The number of nitrogens with zero attached hydrogens (tertiary/aromatic N) is 2. The van der Waals surface area contributed by atoms with Crippen LogP contribution >= 0.6 is 23.6 Å². The summed E-state index contributed by atoms with van der Waals surface area (Å²) in [5, 5.41) is 10.4. The van der Waals surface area contributed by atoms with E-state index >= 15 is 0 Å². The van der Waals surface area contributed by atoms with Crippen molar-refractivity contribution in [2.75, 3.05) is 7.11 Å². The van der Waals surface area contributed by atoms with Crippen LogP contribution in [-0.2, 0) is 0 Å². The van der Waals surface area contributed by atoms with Gasteiger partial charge in [0.2, 0.25) is 5.88 Å². The van der Waals surface area contributed by atoms with E-state index in [1.54, 1.807) is 13.3 Å². The van der Waals surface area contributed by atoms with E-state index in [0.29, 0.717) is 10.9 Å². The predicted molar refractivity (Wildman–Crippen MR) is 92.6 cm³/mol. The second kappa shape index (κ2) is 6.62. The van der Waals surface area contributed by atoms with Gasteiger partial charge in [-0.1, -0.05) is 30.2 Å². The summed E-state index contributed by atoms with van der Waals surface area (Å²) >= 11 is 6.81. The van der Waals surface area contributed by atoms with E-state index in [-0.39, 0.29) is 5.88 Å². The Hall–Kier alpha value is -1.66. The summed E-state index contributed by atoms with van der Waals surface area (Å²) in [6, 6.07) is 7.83. The first-order valence-electron chi connectivity index (χ1n) is 7.31. The highest BCUT2D eigenvalue weighted by molar-refractivity contribution is 7.73. The third-order valence-electron chi connectivity index (χ3n) is 3.92. The van der Waals surface area contributed by atoms with E-state index in [9.17, 15) is 5.11 Å². The highest BCUT2D eigenvalue weighted by Gasteiger charge is 2.22. The average Bonchev–Trinajstić information content (AvgIpc) is 3.14. The first-order valence-corrected chi connectivity index (χ1v) is 8.54. The van der Waals surface area contributed by atoms with Crippen LogP contribution in [0.2, 0.25) is 0 Å². The van der Waals surface area contributed by atoms with E-state index in [0.717, 1.165) is 28.2 Å². The molecule has 22 heavy (non-hydrogen) atoms. The van der Waals surface area contributed by atoms with Crippen LogP contribution in [0.1, 0.15) is 36.6 Å². The monoisotopic (exact) mass is 334 g/mol. The molecule has 0 spiro atoms. The summed E-state index contributed by atoms with van der Waals surface area (Å²) in [4.78, 5) is 5.12. The number of hydrogen-bond donors (Lipinski definition) is 1. The molecular formula is C16H18N2O2S2. The molecule has 116 valence electrons. The summed E-state index contributed by atoms with van der Waals surface area (Å²) in [7, 11) is 1.63. The zero-order valence-electron chi connectivity index (χ0n) is 12.4. The maximum absolute atomic E-state index is 10.4. The fraction of sp³-hybridized carbons (Fsp3) is 0.375. The molecule has 1 saturated carbocycles. The van der Waals surface area contributed by atoms with Gasteiger partial charge in [0.25, 0.3) is 0 Å².